The lowest BCUT2D eigenvalue weighted by atomic mass is 9.99. The largest absolute Gasteiger partial charge is 0.472 e. The lowest BCUT2D eigenvalue weighted by Crippen LogP contribution is -2.51. The molecule has 0 bridgehead atoms. The van der Waals surface area contributed by atoms with Gasteiger partial charge in [0.25, 0.3) is 11.8 Å². The zero-order valence-corrected chi connectivity index (χ0v) is 23.1. The van der Waals surface area contributed by atoms with Crippen LogP contribution in [-0.2, 0) is 0 Å². The Hall–Kier alpha value is -3.66. The minimum atomic E-state index is -0.428. The minimum absolute atomic E-state index is 0.0985. The van der Waals surface area contributed by atoms with Crippen molar-refractivity contribution in [1.29, 1.82) is 0 Å². The summed E-state index contributed by atoms with van der Waals surface area (Å²) >= 11 is 0. The molecule has 4 amide bonds. The number of hydrogen-bond acceptors (Lipinski definition) is 6. The number of rotatable bonds is 8. The van der Waals surface area contributed by atoms with Crippen LogP contribution < -0.4 is 10.1 Å². The van der Waals surface area contributed by atoms with Crippen LogP contribution in [0.3, 0.4) is 0 Å². The number of amides is 4. The maximum Gasteiger partial charge on any atom is 0.317 e. The third kappa shape index (κ3) is 6.61. The van der Waals surface area contributed by atoms with Crippen molar-refractivity contribution in [2.75, 3.05) is 47.4 Å². The van der Waals surface area contributed by atoms with Gasteiger partial charge >= 0.3 is 6.03 Å². The number of aliphatic hydroxyl groups excluding tert-OH is 1. The van der Waals surface area contributed by atoms with Gasteiger partial charge in [-0.3, -0.25) is 9.59 Å². The number of fused-ring (bicyclic) bond motifs is 1. The van der Waals surface area contributed by atoms with E-state index in [-0.39, 0.29) is 41.8 Å². The first-order valence-electron chi connectivity index (χ1n) is 13.0. The molecule has 0 spiro atoms. The predicted molar refractivity (Wildman–Crippen MR) is 145 cm³/mol. The van der Waals surface area contributed by atoms with Gasteiger partial charge in [-0.1, -0.05) is 26.0 Å². The van der Waals surface area contributed by atoms with E-state index in [4.69, 9.17) is 4.74 Å². The van der Waals surface area contributed by atoms with E-state index in [2.05, 4.69) is 10.3 Å². The van der Waals surface area contributed by atoms with E-state index in [1.807, 2.05) is 26.0 Å². The topological polar surface area (TPSA) is 115 Å². The summed E-state index contributed by atoms with van der Waals surface area (Å²) in [4.78, 5) is 47.6. The number of aromatic nitrogens is 1. The Kier molecular flexibility index (Phi) is 9.68. The number of nitrogens with zero attached hydrogens (tertiary/aromatic N) is 4. The van der Waals surface area contributed by atoms with Crippen LogP contribution in [0, 0.1) is 5.92 Å². The molecule has 1 aliphatic rings. The molecule has 0 saturated heterocycles. The molecule has 2 aromatic rings. The monoisotopic (exact) mass is 525 g/mol. The number of aliphatic hydroxyl groups is 1. The first-order chi connectivity index (χ1) is 18.1. The Morgan fingerprint density at radius 2 is 1.89 bits per heavy atom. The number of carbonyl (C=O) groups excluding carboxylic acids is 3. The molecule has 1 aromatic carbocycles. The quantitative estimate of drug-likeness (QED) is 0.548. The summed E-state index contributed by atoms with van der Waals surface area (Å²) in [5.41, 5.74) is 2.34. The second-order valence-electron chi connectivity index (χ2n) is 10.1. The van der Waals surface area contributed by atoms with Gasteiger partial charge in [-0.25, -0.2) is 9.78 Å². The van der Waals surface area contributed by atoms with Crippen molar-refractivity contribution in [3.8, 4) is 17.0 Å². The highest BCUT2D eigenvalue weighted by Gasteiger charge is 2.34. The molecule has 1 aromatic heterocycles. The number of pyridine rings is 1. The molecule has 10 heteroatoms. The van der Waals surface area contributed by atoms with Gasteiger partial charge in [0.15, 0.2) is 0 Å². The van der Waals surface area contributed by atoms with Gasteiger partial charge in [-0.15, -0.1) is 0 Å². The smallest absolute Gasteiger partial charge is 0.317 e. The molecule has 0 fully saturated rings. The van der Waals surface area contributed by atoms with Gasteiger partial charge in [0, 0.05) is 57.5 Å². The van der Waals surface area contributed by atoms with E-state index in [1.165, 1.54) is 4.90 Å². The summed E-state index contributed by atoms with van der Waals surface area (Å²) in [5.74, 6) is -0.328. The minimum Gasteiger partial charge on any atom is -0.472 e. The van der Waals surface area contributed by atoms with Gasteiger partial charge in [0.2, 0.25) is 5.88 Å². The molecule has 38 heavy (non-hydrogen) atoms. The summed E-state index contributed by atoms with van der Waals surface area (Å²) in [5, 5.41) is 12.7. The molecule has 0 unspecified atom stereocenters. The standard InChI is InChI=1S/C28H39N5O5/c1-7-12-29-28(37)32(6)16-24-18(2)15-33(19(3)17-34)27(36)23-13-22(14-30-25(23)38-24)20-8-10-21(11-9-20)26(35)31(4)5/h8-11,13-14,18-19,24,34H,7,12,15-17H2,1-6H3,(H,29,37)/t18-,19+,24+/m0/s1. The van der Waals surface area contributed by atoms with E-state index >= 15 is 0 Å². The van der Waals surface area contributed by atoms with Gasteiger partial charge in [-0.05, 0) is 37.1 Å². The average Bonchev–Trinajstić information content (AvgIpc) is 2.92. The van der Waals surface area contributed by atoms with Crippen LogP contribution >= 0.6 is 0 Å². The van der Waals surface area contributed by atoms with Crippen molar-refractivity contribution in [2.24, 2.45) is 5.92 Å². The first-order valence-corrected chi connectivity index (χ1v) is 13.0. The van der Waals surface area contributed by atoms with Crippen LogP contribution in [0.2, 0.25) is 0 Å². The lowest BCUT2D eigenvalue weighted by molar-refractivity contribution is 0.0352. The molecule has 1 aliphatic heterocycles. The van der Waals surface area contributed by atoms with Crippen LogP contribution in [0.1, 0.15) is 47.9 Å². The normalized spacial score (nSPS) is 18.0. The van der Waals surface area contributed by atoms with E-state index in [1.54, 1.807) is 62.3 Å². The first kappa shape index (κ1) is 28.9. The van der Waals surface area contributed by atoms with Crippen molar-refractivity contribution in [1.82, 2.24) is 25.0 Å². The molecule has 0 radical (unpaired) electrons. The number of benzene rings is 1. The SMILES string of the molecule is CCCNC(=O)N(C)C[C@H]1Oc2ncc(-c3ccc(C(=O)N(C)C)cc3)cc2C(=O)N([C@H](C)CO)C[C@@H]1C. The second-order valence-corrected chi connectivity index (χ2v) is 10.1. The number of ether oxygens (including phenoxy) is 1. The Morgan fingerprint density at radius 1 is 1.21 bits per heavy atom. The summed E-state index contributed by atoms with van der Waals surface area (Å²) in [6.07, 6.45) is 2.04. The third-order valence-corrected chi connectivity index (χ3v) is 6.72. The van der Waals surface area contributed by atoms with Crippen molar-refractivity contribution >= 4 is 17.8 Å². The van der Waals surface area contributed by atoms with E-state index in [0.717, 1.165) is 12.0 Å². The molecule has 0 aliphatic carbocycles. The average molecular weight is 526 g/mol. The van der Waals surface area contributed by atoms with E-state index in [0.29, 0.717) is 30.8 Å². The predicted octanol–water partition coefficient (Wildman–Crippen LogP) is 2.72. The zero-order valence-electron chi connectivity index (χ0n) is 23.1. The molecule has 10 nitrogen and oxygen atoms in total. The summed E-state index contributed by atoms with van der Waals surface area (Å²) in [6, 6.07) is 8.24. The Bertz CT molecular complexity index is 1140. The van der Waals surface area contributed by atoms with Crippen molar-refractivity contribution in [3.63, 3.8) is 0 Å². The fraction of sp³-hybridized carbons (Fsp3) is 0.500. The molecule has 206 valence electrons. The number of nitrogens with one attached hydrogen (secondary N) is 1. The highest BCUT2D eigenvalue weighted by molar-refractivity contribution is 5.98. The van der Waals surface area contributed by atoms with Crippen molar-refractivity contribution in [3.05, 3.63) is 47.7 Å². The summed E-state index contributed by atoms with van der Waals surface area (Å²) < 4.78 is 6.28. The number of hydrogen-bond donors (Lipinski definition) is 2. The molecular weight excluding hydrogens is 486 g/mol. The maximum atomic E-state index is 13.7. The fourth-order valence-electron chi connectivity index (χ4n) is 4.26. The Morgan fingerprint density at radius 3 is 2.50 bits per heavy atom. The van der Waals surface area contributed by atoms with Crippen LogP contribution in [0.15, 0.2) is 36.5 Å². The highest BCUT2D eigenvalue weighted by Crippen LogP contribution is 2.30. The van der Waals surface area contributed by atoms with Crippen LogP contribution in [0.5, 0.6) is 5.88 Å². The van der Waals surface area contributed by atoms with Gasteiger partial charge in [-0.2, -0.15) is 0 Å². The molecule has 2 heterocycles. The van der Waals surface area contributed by atoms with Crippen LogP contribution in [-0.4, -0.2) is 102 Å². The fourth-order valence-corrected chi connectivity index (χ4v) is 4.26. The van der Waals surface area contributed by atoms with Crippen molar-refractivity contribution in [2.45, 2.75) is 39.3 Å². The molecule has 3 atom stereocenters. The number of urea groups is 1. The highest BCUT2D eigenvalue weighted by atomic mass is 16.5. The molecule has 2 N–H and O–H groups in total. The maximum absolute atomic E-state index is 13.7. The zero-order chi connectivity index (χ0) is 28.0. The molecule has 0 saturated carbocycles. The summed E-state index contributed by atoms with van der Waals surface area (Å²) in [6.45, 7) is 6.79. The number of likely N-dealkylation sites (N-methyl/N-ethyl adjacent to an activating group) is 1. The molecular formula is C28H39N5O5. The van der Waals surface area contributed by atoms with E-state index in [9.17, 15) is 19.5 Å². The lowest BCUT2D eigenvalue weighted by Gasteiger charge is -2.37. The van der Waals surface area contributed by atoms with Gasteiger partial charge in [0.1, 0.15) is 11.7 Å². The Balaban J connectivity index is 1.96. The second kappa shape index (κ2) is 12.7. The van der Waals surface area contributed by atoms with E-state index < -0.39 is 12.1 Å². The molecule has 3 rings (SSSR count). The third-order valence-electron chi connectivity index (χ3n) is 6.72. The summed E-state index contributed by atoms with van der Waals surface area (Å²) in [7, 11) is 5.11. The Labute approximate surface area is 224 Å². The van der Waals surface area contributed by atoms with Gasteiger partial charge < -0.3 is 29.9 Å². The van der Waals surface area contributed by atoms with Crippen molar-refractivity contribution < 1.29 is 24.2 Å². The number of carbonyl (C=O) groups is 3. The van der Waals surface area contributed by atoms with Crippen LogP contribution in [0.4, 0.5) is 4.79 Å². The van der Waals surface area contributed by atoms with Gasteiger partial charge in [0.05, 0.1) is 19.2 Å². The van der Waals surface area contributed by atoms with Crippen LogP contribution in [0.25, 0.3) is 11.1 Å².